The quantitative estimate of drug-likeness (QED) is 0.558. The highest BCUT2D eigenvalue weighted by atomic mass is 16.7. The number of aromatic hydroxyl groups is 1. The zero-order chi connectivity index (χ0) is 21.2. The number of fused-ring (bicyclic) bond motifs is 1. The highest BCUT2D eigenvalue weighted by Gasteiger charge is 2.82. The van der Waals surface area contributed by atoms with E-state index in [9.17, 15) is 15.0 Å². The summed E-state index contributed by atoms with van der Waals surface area (Å²) in [6, 6.07) is 3.72. The molecule has 0 aromatic heterocycles. The number of epoxide rings is 1. The molecule has 2 saturated heterocycles. The molecular weight excluding hydrogens is 398 g/mol. The van der Waals surface area contributed by atoms with Crippen LogP contribution in [0.5, 0.6) is 11.5 Å². The van der Waals surface area contributed by atoms with Gasteiger partial charge in [-0.2, -0.15) is 0 Å². The van der Waals surface area contributed by atoms with Gasteiger partial charge < -0.3 is 24.4 Å². The normalized spacial score (nSPS) is 44.0. The first-order valence-corrected chi connectivity index (χ1v) is 11.8. The number of hydrogen-bond acceptors (Lipinski definition) is 7. The number of ether oxygens (including phenoxy) is 3. The van der Waals surface area contributed by atoms with Gasteiger partial charge in [0.2, 0.25) is 0 Å². The minimum atomic E-state index is -0.965. The SMILES string of the molecule is CCOC(=O)[C@H]1OC12CCC1(O)[C@H]3Cc4ccc(O)c5c4[C@@]1(CCN3CC1CC1)C2O5. The van der Waals surface area contributed by atoms with Crippen LogP contribution in [0.3, 0.4) is 0 Å². The van der Waals surface area contributed by atoms with Crippen molar-refractivity contribution in [1.82, 2.24) is 4.90 Å². The van der Waals surface area contributed by atoms with E-state index in [2.05, 4.69) is 4.90 Å². The summed E-state index contributed by atoms with van der Waals surface area (Å²) in [6.07, 6.45) is 4.01. The summed E-state index contributed by atoms with van der Waals surface area (Å²) in [6.45, 7) is 4.03. The number of phenolic OH excluding ortho intramolecular Hbond substituents is 1. The van der Waals surface area contributed by atoms with E-state index in [0.717, 1.165) is 43.0 Å². The molecule has 7 nitrogen and oxygen atoms in total. The molecule has 0 amide bonds. The van der Waals surface area contributed by atoms with Gasteiger partial charge in [-0.25, -0.2) is 4.79 Å². The summed E-state index contributed by atoms with van der Waals surface area (Å²) in [5, 5.41) is 23.1. The molecular formula is C24H29NO6. The third kappa shape index (κ3) is 2.09. The van der Waals surface area contributed by atoms with Gasteiger partial charge in [-0.3, -0.25) is 4.90 Å². The monoisotopic (exact) mass is 427 g/mol. The van der Waals surface area contributed by atoms with Crippen LogP contribution in [0.4, 0.5) is 0 Å². The fourth-order valence-electron chi connectivity index (χ4n) is 7.55. The van der Waals surface area contributed by atoms with Crippen molar-refractivity contribution in [3.05, 3.63) is 23.3 Å². The number of piperidine rings is 1. The molecule has 1 aromatic rings. The van der Waals surface area contributed by atoms with Crippen LogP contribution in [-0.2, 0) is 26.1 Å². The lowest BCUT2D eigenvalue weighted by Crippen LogP contribution is -2.78. The number of carbonyl (C=O) groups is 1. The summed E-state index contributed by atoms with van der Waals surface area (Å²) in [5.74, 6) is 0.980. The van der Waals surface area contributed by atoms with Crippen LogP contribution < -0.4 is 4.74 Å². The standard InChI is InChI=1S/C24H29NO6/c1-2-29-20(27)19-23(31-19)7-8-24(28)16-11-14-5-6-15(26)18-17(14)22(24,21(23)30-18)9-10-25(16)12-13-3-4-13/h5-6,13,16,19,21,26,28H,2-4,7-12H2,1H3/t16-,19-,21?,22+,23?,24?/m1/s1. The molecule has 6 atom stereocenters. The second-order valence-corrected chi connectivity index (χ2v) is 10.5. The molecule has 2 bridgehead atoms. The van der Waals surface area contributed by atoms with E-state index in [-0.39, 0.29) is 17.8 Å². The Balaban J connectivity index is 1.37. The summed E-state index contributed by atoms with van der Waals surface area (Å²) < 4.78 is 17.8. The fourth-order valence-corrected chi connectivity index (χ4v) is 7.55. The number of nitrogens with zero attached hydrogens (tertiary/aromatic N) is 1. The first-order valence-electron chi connectivity index (χ1n) is 11.8. The highest BCUT2D eigenvalue weighted by molar-refractivity contribution is 5.80. The third-order valence-corrected chi connectivity index (χ3v) is 9.08. The van der Waals surface area contributed by atoms with Crippen molar-refractivity contribution in [2.45, 2.75) is 80.3 Å². The van der Waals surface area contributed by atoms with Crippen molar-refractivity contribution in [1.29, 1.82) is 0 Å². The predicted molar refractivity (Wildman–Crippen MR) is 109 cm³/mol. The van der Waals surface area contributed by atoms with Gasteiger partial charge in [0.15, 0.2) is 17.6 Å². The van der Waals surface area contributed by atoms with Crippen molar-refractivity contribution in [3.63, 3.8) is 0 Å². The van der Waals surface area contributed by atoms with E-state index in [1.165, 1.54) is 12.8 Å². The van der Waals surface area contributed by atoms with Crippen LogP contribution in [0.25, 0.3) is 0 Å². The Morgan fingerprint density at radius 1 is 1.29 bits per heavy atom. The first-order chi connectivity index (χ1) is 14.9. The topological polar surface area (TPSA) is 91.8 Å². The third-order valence-electron chi connectivity index (χ3n) is 9.08. The van der Waals surface area contributed by atoms with Crippen molar-refractivity contribution in [2.24, 2.45) is 5.92 Å². The zero-order valence-corrected chi connectivity index (χ0v) is 17.8. The van der Waals surface area contributed by atoms with Crippen LogP contribution in [0, 0.1) is 5.92 Å². The summed E-state index contributed by atoms with van der Waals surface area (Å²) in [4.78, 5) is 15.1. The Morgan fingerprint density at radius 2 is 2.13 bits per heavy atom. The molecule has 3 heterocycles. The number of rotatable bonds is 4. The van der Waals surface area contributed by atoms with Crippen molar-refractivity contribution < 1.29 is 29.2 Å². The molecule has 7 heteroatoms. The van der Waals surface area contributed by atoms with E-state index in [1.54, 1.807) is 13.0 Å². The second-order valence-electron chi connectivity index (χ2n) is 10.5. The molecule has 31 heavy (non-hydrogen) atoms. The van der Waals surface area contributed by atoms with Gasteiger partial charge in [-0.1, -0.05) is 6.07 Å². The smallest absolute Gasteiger partial charge is 0.338 e. The highest BCUT2D eigenvalue weighted by Crippen LogP contribution is 2.70. The summed E-state index contributed by atoms with van der Waals surface area (Å²) in [7, 11) is 0. The molecule has 3 unspecified atom stereocenters. The maximum atomic E-state index is 12.6. The molecule has 3 aliphatic heterocycles. The molecule has 6 aliphatic rings. The molecule has 3 aliphatic carbocycles. The van der Waals surface area contributed by atoms with E-state index >= 15 is 0 Å². The van der Waals surface area contributed by atoms with Crippen LogP contribution in [0.1, 0.15) is 50.2 Å². The van der Waals surface area contributed by atoms with Crippen LogP contribution in [0.2, 0.25) is 0 Å². The van der Waals surface area contributed by atoms with Gasteiger partial charge >= 0.3 is 5.97 Å². The van der Waals surface area contributed by atoms with Gasteiger partial charge in [0.05, 0.1) is 17.6 Å². The van der Waals surface area contributed by atoms with E-state index in [4.69, 9.17) is 14.2 Å². The second kappa shape index (κ2) is 5.74. The number of aliphatic hydroxyl groups is 1. The molecule has 4 fully saturated rings. The van der Waals surface area contributed by atoms with Gasteiger partial charge in [0.25, 0.3) is 0 Å². The van der Waals surface area contributed by atoms with Gasteiger partial charge in [0.1, 0.15) is 11.7 Å². The molecule has 2 spiro atoms. The number of hydrogen-bond donors (Lipinski definition) is 2. The van der Waals surface area contributed by atoms with Crippen molar-refractivity contribution in [2.75, 3.05) is 19.7 Å². The Hall–Kier alpha value is -1.83. The lowest BCUT2D eigenvalue weighted by atomic mass is 9.47. The lowest BCUT2D eigenvalue weighted by Gasteiger charge is -2.64. The van der Waals surface area contributed by atoms with Gasteiger partial charge in [0, 0.05) is 18.2 Å². The van der Waals surface area contributed by atoms with Gasteiger partial charge in [-0.05, 0) is 69.5 Å². The fraction of sp³-hybridized carbons (Fsp3) is 0.708. The number of carbonyl (C=O) groups excluding carboxylic acids is 1. The zero-order valence-electron chi connectivity index (χ0n) is 17.8. The Labute approximate surface area is 181 Å². The van der Waals surface area contributed by atoms with Crippen LogP contribution >= 0.6 is 0 Å². The van der Waals surface area contributed by atoms with E-state index in [1.807, 2.05) is 6.07 Å². The average Bonchev–Trinajstić information content (AvgIpc) is 3.65. The van der Waals surface area contributed by atoms with Crippen molar-refractivity contribution >= 4 is 5.97 Å². The van der Waals surface area contributed by atoms with E-state index in [0.29, 0.717) is 25.2 Å². The van der Waals surface area contributed by atoms with Crippen LogP contribution in [-0.4, -0.2) is 70.2 Å². The van der Waals surface area contributed by atoms with Crippen LogP contribution in [0.15, 0.2) is 12.1 Å². The number of likely N-dealkylation sites (tertiary alicyclic amines) is 1. The lowest BCUT2D eigenvalue weighted by molar-refractivity contribution is -0.201. The Kier molecular flexibility index (Phi) is 3.47. The molecule has 2 saturated carbocycles. The Bertz CT molecular complexity index is 993. The molecule has 1 aromatic carbocycles. The van der Waals surface area contributed by atoms with Gasteiger partial charge in [-0.15, -0.1) is 0 Å². The maximum absolute atomic E-state index is 12.6. The summed E-state index contributed by atoms with van der Waals surface area (Å²) >= 11 is 0. The average molecular weight is 427 g/mol. The molecule has 2 N–H and O–H groups in total. The minimum absolute atomic E-state index is 0.0214. The summed E-state index contributed by atoms with van der Waals surface area (Å²) in [5.41, 5.74) is -0.316. The first kappa shape index (κ1) is 18.7. The van der Waals surface area contributed by atoms with E-state index < -0.39 is 28.8 Å². The molecule has 7 rings (SSSR count). The number of benzene rings is 1. The number of esters is 1. The number of phenols is 1. The molecule has 166 valence electrons. The predicted octanol–water partition coefficient (Wildman–Crippen LogP) is 1.66. The van der Waals surface area contributed by atoms with Crippen molar-refractivity contribution in [3.8, 4) is 11.5 Å². The largest absolute Gasteiger partial charge is 0.504 e. The maximum Gasteiger partial charge on any atom is 0.338 e. The minimum Gasteiger partial charge on any atom is -0.504 e. The Morgan fingerprint density at radius 3 is 2.90 bits per heavy atom. The molecule has 0 radical (unpaired) electrons.